The Labute approximate surface area is 227 Å². The molecular formula is C28H31ClN8O. The van der Waals surface area contributed by atoms with E-state index in [0.717, 1.165) is 73.2 Å². The van der Waals surface area contributed by atoms with Crippen LogP contribution in [0.2, 0.25) is 5.02 Å². The molecule has 2 fully saturated rings. The summed E-state index contributed by atoms with van der Waals surface area (Å²) in [6.07, 6.45) is 3.55. The van der Waals surface area contributed by atoms with Gasteiger partial charge >= 0.3 is 0 Å². The van der Waals surface area contributed by atoms with Gasteiger partial charge in [-0.25, -0.2) is 4.98 Å². The Balaban J connectivity index is 1.30. The number of rotatable bonds is 4. The predicted molar refractivity (Wildman–Crippen MR) is 144 cm³/mol. The lowest BCUT2D eigenvalue weighted by Gasteiger charge is -2.32. The molecule has 0 spiro atoms. The Morgan fingerprint density at radius 2 is 1.89 bits per heavy atom. The van der Waals surface area contributed by atoms with Crippen molar-refractivity contribution in [1.82, 2.24) is 29.5 Å². The molecule has 1 amide bonds. The Morgan fingerprint density at radius 3 is 2.55 bits per heavy atom. The molecule has 1 aromatic carbocycles. The van der Waals surface area contributed by atoms with Gasteiger partial charge in [0.25, 0.3) is 0 Å². The zero-order chi connectivity index (χ0) is 26.6. The molecule has 1 saturated heterocycles. The third-order valence-corrected chi connectivity index (χ3v) is 8.48. The highest BCUT2D eigenvalue weighted by Gasteiger charge is 2.56. The van der Waals surface area contributed by atoms with Crippen LogP contribution < -0.4 is 4.90 Å². The van der Waals surface area contributed by atoms with Gasteiger partial charge in [-0.05, 0) is 68.5 Å². The van der Waals surface area contributed by atoms with Crippen molar-refractivity contribution in [2.45, 2.75) is 57.2 Å². The molecule has 2 aliphatic heterocycles. The lowest BCUT2D eigenvalue weighted by molar-refractivity contribution is -0.136. The van der Waals surface area contributed by atoms with Gasteiger partial charge < -0.3 is 9.80 Å². The summed E-state index contributed by atoms with van der Waals surface area (Å²) < 4.78 is 2.21. The van der Waals surface area contributed by atoms with Crippen molar-refractivity contribution in [1.29, 1.82) is 5.26 Å². The number of fused-ring (bicyclic) bond motifs is 3. The molecule has 1 saturated carbocycles. The Kier molecular flexibility index (Phi) is 6.12. The van der Waals surface area contributed by atoms with Crippen LogP contribution in [0.4, 0.5) is 5.82 Å². The van der Waals surface area contributed by atoms with E-state index in [1.54, 1.807) is 4.90 Å². The molecule has 38 heavy (non-hydrogen) atoms. The second kappa shape index (κ2) is 9.37. The largest absolute Gasteiger partial charge is 0.357 e. The monoisotopic (exact) mass is 530 g/mol. The number of aromatic nitrogens is 4. The Morgan fingerprint density at radius 1 is 1.13 bits per heavy atom. The second-order valence-electron chi connectivity index (χ2n) is 10.8. The minimum atomic E-state index is -0.484. The fraction of sp³-hybridized carbons (Fsp3) is 0.464. The lowest BCUT2D eigenvalue weighted by atomic mass is 9.95. The summed E-state index contributed by atoms with van der Waals surface area (Å²) >= 11 is 6.45. The van der Waals surface area contributed by atoms with Crippen LogP contribution in [0, 0.1) is 18.3 Å². The summed E-state index contributed by atoms with van der Waals surface area (Å²) in [6.45, 7) is 4.79. The molecule has 10 heteroatoms. The Bertz CT molecular complexity index is 1450. The van der Waals surface area contributed by atoms with Gasteiger partial charge in [-0.1, -0.05) is 11.6 Å². The van der Waals surface area contributed by atoms with Crippen LogP contribution >= 0.6 is 11.6 Å². The molecule has 196 valence electrons. The highest BCUT2D eigenvalue weighted by atomic mass is 35.5. The highest BCUT2D eigenvalue weighted by Crippen LogP contribution is 2.46. The average Bonchev–Trinajstić information content (AvgIpc) is 3.65. The molecule has 4 heterocycles. The van der Waals surface area contributed by atoms with Crippen molar-refractivity contribution in [2.75, 3.05) is 32.1 Å². The van der Waals surface area contributed by atoms with Crippen LogP contribution in [0.5, 0.6) is 0 Å². The zero-order valence-electron chi connectivity index (χ0n) is 22.0. The number of hydrogen-bond donors (Lipinski definition) is 0. The molecule has 6 rings (SSSR count). The number of halogens is 1. The van der Waals surface area contributed by atoms with Crippen LogP contribution in [-0.4, -0.2) is 68.2 Å². The summed E-state index contributed by atoms with van der Waals surface area (Å²) in [6, 6.07) is 12.0. The van der Waals surface area contributed by atoms with Crippen molar-refractivity contribution >= 4 is 23.3 Å². The molecule has 0 bridgehead atoms. The van der Waals surface area contributed by atoms with E-state index in [-0.39, 0.29) is 11.8 Å². The van der Waals surface area contributed by atoms with Crippen LogP contribution in [0.1, 0.15) is 60.1 Å². The summed E-state index contributed by atoms with van der Waals surface area (Å²) in [4.78, 5) is 24.1. The van der Waals surface area contributed by atoms with E-state index in [1.165, 1.54) is 0 Å². The second-order valence-corrected chi connectivity index (χ2v) is 11.3. The van der Waals surface area contributed by atoms with Crippen LogP contribution in [-0.2, 0) is 17.9 Å². The smallest absolute Gasteiger partial charge is 0.242 e. The van der Waals surface area contributed by atoms with Gasteiger partial charge in [-0.2, -0.15) is 5.26 Å². The number of piperidine rings is 1. The summed E-state index contributed by atoms with van der Waals surface area (Å²) in [5.74, 6) is 3.15. The third kappa shape index (κ3) is 4.12. The number of nitrogens with zero attached hydrogens (tertiary/aromatic N) is 8. The molecule has 9 nitrogen and oxygen atoms in total. The first-order chi connectivity index (χ1) is 18.3. The quantitative estimate of drug-likeness (QED) is 0.506. The number of benzene rings is 1. The standard InChI is InChI=1S/C28H31ClN8O/c1-18-20(15-30)4-7-24(31-18)35-12-8-19(9-13-35)26-33-32-25-17-36(28(10-11-28)27(38)34(2)3)16-21-14-22(29)5-6-23(21)37(25)26/h4-7,14,19H,8-13,16-17H2,1-3H3. The number of amides is 1. The zero-order valence-corrected chi connectivity index (χ0v) is 22.7. The summed E-state index contributed by atoms with van der Waals surface area (Å²) in [7, 11) is 3.65. The molecule has 0 atom stereocenters. The first-order valence-electron chi connectivity index (χ1n) is 13.1. The maximum atomic E-state index is 13.2. The number of likely N-dealkylation sites (N-methyl/N-ethyl adjacent to an activating group) is 1. The number of aryl methyl sites for hydroxylation is 1. The van der Waals surface area contributed by atoms with Crippen LogP contribution in [0.3, 0.4) is 0 Å². The van der Waals surface area contributed by atoms with E-state index in [9.17, 15) is 10.1 Å². The minimum absolute atomic E-state index is 0.147. The lowest BCUT2D eigenvalue weighted by Crippen LogP contribution is -2.48. The Hall–Kier alpha value is -3.48. The first kappa shape index (κ1) is 24.8. The van der Waals surface area contributed by atoms with Crippen LogP contribution in [0.15, 0.2) is 30.3 Å². The minimum Gasteiger partial charge on any atom is -0.357 e. The molecule has 0 unspecified atom stereocenters. The highest BCUT2D eigenvalue weighted by molar-refractivity contribution is 6.30. The van der Waals surface area contributed by atoms with Gasteiger partial charge in [0.1, 0.15) is 23.3 Å². The van der Waals surface area contributed by atoms with Gasteiger partial charge in [-0.3, -0.25) is 14.3 Å². The van der Waals surface area contributed by atoms with Crippen molar-refractivity contribution in [3.63, 3.8) is 0 Å². The van der Waals surface area contributed by atoms with E-state index in [2.05, 4.69) is 36.6 Å². The van der Waals surface area contributed by atoms with Crippen molar-refractivity contribution < 1.29 is 4.79 Å². The van der Waals surface area contributed by atoms with E-state index in [0.29, 0.717) is 23.7 Å². The number of pyridine rings is 1. The number of hydrogen-bond acceptors (Lipinski definition) is 7. The normalized spacial score (nSPS) is 18.8. The molecule has 1 aliphatic carbocycles. The van der Waals surface area contributed by atoms with Gasteiger partial charge in [0, 0.05) is 44.7 Å². The third-order valence-electron chi connectivity index (χ3n) is 8.24. The fourth-order valence-corrected chi connectivity index (χ4v) is 6.20. The number of nitriles is 1. The molecular weight excluding hydrogens is 500 g/mol. The van der Waals surface area contributed by atoms with E-state index >= 15 is 0 Å². The van der Waals surface area contributed by atoms with E-state index in [1.807, 2.05) is 45.3 Å². The number of carbonyl (C=O) groups excluding carboxylic acids is 1. The van der Waals surface area contributed by atoms with Gasteiger partial charge in [0.05, 0.1) is 23.5 Å². The van der Waals surface area contributed by atoms with Crippen molar-refractivity contribution in [2.24, 2.45) is 0 Å². The SMILES string of the molecule is Cc1nc(N2CCC(c3nnc4n3-c3ccc(Cl)cc3CN(C3(C(=O)N(C)C)CC3)C4)CC2)ccc1C#N. The van der Waals surface area contributed by atoms with Gasteiger partial charge in [-0.15, -0.1) is 10.2 Å². The van der Waals surface area contributed by atoms with Gasteiger partial charge in [0.15, 0.2) is 5.82 Å². The maximum Gasteiger partial charge on any atom is 0.242 e. The topological polar surface area (TPSA) is 94.2 Å². The fourth-order valence-electron chi connectivity index (χ4n) is 6.00. The maximum absolute atomic E-state index is 13.2. The van der Waals surface area contributed by atoms with Crippen molar-refractivity contribution in [3.8, 4) is 11.8 Å². The van der Waals surface area contributed by atoms with Gasteiger partial charge in [0.2, 0.25) is 5.91 Å². The molecule has 0 radical (unpaired) electrons. The first-order valence-corrected chi connectivity index (χ1v) is 13.5. The molecule has 3 aromatic rings. The molecule has 2 aromatic heterocycles. The van der Waals surface area contributed by atoms with Crippen LogP contribution in [0.25, 0.3) is 5.69 Å². The number of carbonyl (C=O) groups is 1. The van der Waals surface area contributed by atoms with Crippen molar-refractivity contribution in [3.05, 3.63) is 63.8 Å². The molecule has 3 aliphatic rings. The average molecular weight is 531 g/mol. The predicted octanol–water partition coefficient (Wildman–Crippen LogP) is 3.82. The number of anilines is 1. The van der Waals surface area contributed by atoms with E-state index < -0.39 is 5.54 Å². The summed E-state index contributed by atoms with van der Waals surface area (Å²) in [5.41, 5.74) is 3.03. The van der Waals surface area contributed by atoms with E-state index in [4.69, 9.17) is 16.7 Å². The molecule has 0 N–H and O–H groups in total. The summed E-state index contributed by atoms with van der Waals surface area (Å²) in [5, 5.41) is 19.3.